The van der Waals surface area contributed by atoms with Gasteiger partial charge in [0.1, 0.15) is 4.88 Å². The number of anilines is 1. The number of aryl methyl sites for hydroxylation is 2. The normalized spacial score (nSPS) is 11.8. The maximum Gasteiger partial charge on any atom is 0.350 e. The predicted octanol–water partition coefficient (Wildman–Crippen LogP) is 3.85. The summed E-state index contributed by atoms with van der Waals surface area (Å²) in [5, 5.41) is 9.98. The maximum atomic E-state index is 13.1. The van der Waals surface area contributed by atoms with Crippen molar-refractivity contribution in [2.45, 2.75) is 52.5 Å². The van der Waals surface area contributed by atoms with Gasteiger partial charge in [0.25, 0.3) is 5.91 Å². The van der Waals surface area contributed by atoms with E-state index >= 15 is 0 Å². The zero-order valence-electron chi connectivity index (χ0n) is 22.4. The van der Waals surface area contributed by atoms with E-state index in [1.807, 2.05) is 25.9 Å². The molecule has 0 spiro atoms. The summed E-state index contributed by atoms with van der Waals surface area (Å²) in [6.07, 6.45) is 2.16. The number of amides is 2. The lowest BCUT2D eigenvalue weighted by Crippen LogP contribution is -2.38. The van der Waals surface area contributed by atoms with E-state index in [1.165, 1.54) is 0 Å². The van der Waals surface area contributed by atoms with Crippen molar-refractivity contribution in [2.24, 2.45) is 0 Å². The number of benzene rings is 1. The highest BCUT2D eigenvalue weighted by Crippen LogP contribution is 2.24. The zero-order valence-corrected chi connectivity index (χ0v) is 23.2. The molecule has 2 heterocycles. The third-order valence-electron chi connectivity index (χ3n) is 5.50. The van der Waals surface area contributed by atoms with Crippen LogP contribution >= 0.6 is 11.3 Å². The minimum absolute atomic E-state index is 0.0527. The second-order valence-electron chi connectivity index (χ2n) is 9.16. The first-order valence-electron chi connectivity index (χ1n) is 12.5. The third kappa shape index (κ3) is 8.45. The number of nitrogens with one attached hydrogen (secondary N) is 2. The Morgan fingerprint density at radius 2 is 1.97 bits per heavy atom. The fourth-order valence-corrected chi connectivity index (χ4v) is 4.53. The van der Waals surface area contributed by atoms with Crippen molar-refractivity contribution in [1.82, 2.24) is 25.3 Å². The SMILES string of the molecule is CCCOC(=O)c1sc(NC(=O)CC(CCCN(C)C)NC(=O)c2cccc(-c3noc(C)n3)c2)nc1C. The van der Waals surface area contributed by atoms with Crippen molar-refractivity contribution in [2.75, 3.05) is 32.6 Å². The van der Waals surface area contributed by atoms with Gasteiger partial charge in [-0.25, -0.2) is 9.78 Å². The fourth-order valence-electron chi connectivity index (χ4n) is 3.66. The summed E-state index contributed by atoms with van der Waals surface area (Å²) in [5.41, 5.74) is 1.58. The molecular weight excluding hydrogens is 508 g/mol. The Morgan fingerprint density at radius 1 is 1.18 bits per heavy atom. The summed E-state index contributed by atoms with van der Waals surface area (Å²) in [4.78, 5) is 49.1. The summed E-state index contributed by atoms with van der Waals surface area (Å²) in [6.45, 7) is 6.45. The number of carbonyl (C=O) groups excluding carboxylic acids is 3. The molecule has 12 heteroatoms. The number of aromatic nitrogens is 3. The van der Waals surface area contributed by atoms with Gasteiger partial charge in [0.2, 0.25) is 17.6 Å². The van der Waals surface area contributed by atoms with Gasteiger partial charge in [-0.05, 0) is 59.0 Å². The van der Waals surface area contributed by atoms with Gasteiger partial charge in [0.05, 0.1) is 12.3 Å². The third-order valence-corrected chi connectivity index (χ3v) is 6.55. The Bertz CT molecular complexity index is 1250. The van der Waals surface area contributed by atoms with E-state index in [-0.39, 0.29) is 18.2 Å². The van der Waals surface area contributed by atoms with Crippen molar-refractivity contribution >= 4 is 34.3 Å². The Kier molecular flexibility index (Phi) is 10.5. The van der Waals surface area contributed by atoms with Gasteiger partial charge in [-0.2, -0.15) is 4.98 Å². The molecule has 0 aliphatic heterocycles. The highest BCUT2D eigenvalue weighted by molar-refractivity contribution is 7.17. The number of nitrogens with zero attached hydrogens (tertiary/aromatic N) is 4. The zero-order chi connectivity index (χ0) is 27.7. The van der Waals surface area contributed by atoms with Crippen LogP contribution in [0.2, 0.25) is 0 Å². The standard InChI is InChI=1S/C26H34N6O5S/c1-6-13-36-25(35)22-16(2)27-26(38-22)30-21(33)15-20(11-8-12-32(4)5)29-24(34)19-10-7-9-18(14-19)23-28-17(3)37-31-23/h7,9-10,14,20H,6,8,11-13,15H2,1-5H3,(H,29,34)(H,27,30,33). The predicted molar refractivity (Wildman–Crippen MR) is 144 cm³/mol. The van der Waals surface area contributed by atoms with Gasteiger partial charge < -0.3 is 24.8 Å². The molecule has 2 amide bonds. The lowest BCUT2D eigenvalue weighted by atomic mass is 10.1. The average Bonchev–Trinajstić information content (AvgIpc) is 3.47. The molecule has 38 heavy (non-hydrogen) atoms. The number of esters is 1. The van der Waals surface area contributed by atoms with Crippen LogP contribution in [0.1, 0.15) is 64.2 Å². The van der Waals surface area contributed by atoms with Gasteiger partial charge in [0.15, 0.2) is 5.13 Å². The molecule has 0 saturated heterocycles. The fraction of sp³-hybridized carbons (Fsp3) is 0.462. The van der Waals surface area contributed by atoms with Crippen LogP contribution in [0.3, 0.4) is 0 Å². The van der Waals surface area contributed by atoms with E-state index in [0.29, 0.717) is 51.6 Å². The van der Waals surface area contributed by atoms with Crippen LogP contribution in [0.15, 0.2) is 28.8 Å². The second-order valence-corrected chi connectivity index (χ2v) is 10.2. The smallest absolute Gasteiger partial charge is 0.350 e. The molecule has 0 bridgehead atoms. The molecule has 2 N–H and O–H groups in total. The lowest BCUT2D eigenvalue weighted by molar-refractivity contribution is -0.116. The summed E-state index contributed by atoms with van der Waals surface area (Å²) < 4.78 is 10.2. The first kappa shape index (κ1) is 28.9. The number of carbonyl (C=O) groups is 3. The highest BCUT2D eigenvalue weighted by Gasteiger charge is 2.21. The molecule has 1 unspecified atom stereocenters. The molecule has 3 aromatic rings. The molecule has 0 saturated carbocycles. The van der Waals surface area contributed by atoms with Gasteiger partial charge in [0, 0.05) is 30.5 Å². The minimum atomic E-state index is -0.450. The van der Waals surface area contributed by atoms with Crippen LogP contribution in [-0.4, -0.2) is 71.1 Å². The van der Waals surface area contributed by atoms with Crippen LogP contribution in [0.5, 0.6) is 0 Å². The molecule has 2 aromatic heterocycles. The quantitative estimate of drug-likeness (QED) is 0.308. The lowest BCUT2D eigenvalue weighted by Gasteiger charge is -2.19. The number of hydrogen-bond acceptors (Lipinski definition) is 10. The van der Waals surface area contributed by atoms with Gasteiger partial charge in [-0.15, -0.1) is 0 Å². The van der Waals surface area contributed by atoms with E-state index in [2.05, 4.69) is 25.8 Å². The van der Waals surface area contributed by atoms with Crippen LogP contribution < -0.4 is 10.6 Å². The van der Waals surface area contributed by atoms with Crippen LogP contribution in [0, 0.1) is 13.8 Å². The second kappa shape index (κ2) is 13.8. The Labute approximate surface area is 226 Å². The monoisotopic (exact) mass is 542 g/mol. The van der Waals surface area contributed by atoms with E-state index in [4.69, 9.17) is 9.26 Å². The van der Waals surface area contributed by atoms with E-state index in [1.54, 1.807) is 38.1 Å². The molecular formula is C26H34N6O5S. The van der Waals surface area contributed by atoms with Crippen molar-refractivity contribution in [3.63, 3.8) is 0 Å². The molecule has 0 aliphatic rings. The molecule has 3 rings (SSSR count). The molecule has 11 nitrogen and oxygen atoms in total. The molecule has 0 aliphatic carbocycles. The molecule has 0 fully saturated rings. The first-order chi connectivity index (χ1) is 18.2. The van der Waals surface area contributed by atoms with E-state index < -0.39 is 12.0 Å². The topological polar surface area (TPSA) is 140 Å². The summed E-state index contributed by atoms with van der Waals surface area (Å²) in [5.74, 6) is -0.230. The van der Waals surface area contributed by atoms with Crippen LogP contribution in [0.4, 0.5) is 5.13 Å². The van der Waals surface area contributed by atoms with Crippen molar-refractivity contribution < 1.29 is 23.6 Å². The Balaban J connectivity index is 1.67. The molecule has 204 valence electrons. The van der Waals surface area contributed by atoms with Gasteiger partial charge >= 0.3 is 5.97 Å². The van der Waals surface area contributed by atoms with Crippen molar-refractivity contribution in [3.05, 3.63) is 46.3 Å². The summed E-state index contributed by atoms with van der Waals surface area (Å²) in [7, 11) is 3.94. The maximum absolute atomic E-state index is 13.1. The average molecular weight is 543 g/mol. The van der Waals surface area contributed by atoms with E-state index in [9.17, 15) is 14.4 Å². The molecule has 1 aromatic carbocycles. The Hall–Kier alpha value is -3.64. The van der Waals surface area contributed by atoms with Crippen LogP contribution in [0.25, 0.3) is 11.4 Å². The van der Waals surface area contributed by atoms with Gasteiger partial charge in [-0.3, -0.25) is 9.59 Å². The first-order valence-corrected chi connectivity index (χ1v) is 13.3. The Morgan fingerprint density at radius 3 is 2.66 bits per heavy atom. The highest BCUT2D eigenvalue weighted by atomic mass is 32.1. The number of hydrogen-bond donors (Lipinski definition) is 2. The van der Waals surface area contributed by atoms with E-state index in [0.717, 1.165) is 30.7 Å². The number of ether oxygens (including phenoxy) is 1. The van der Waals surface area contributed by atoms with Crippen LogP contribution in [-0.2, 0) is 9.53 Å². The molecule has 1 atom stereocenters. The van der Waals surface area contributed by atoms with Crippen molar-refractivity contribution in [3.8, 4) is 11.4 Å². The number of thiazole rings is 1. The van der Waals surface area contributed by atoms with Gasteiger partial charge in [-0.1, -0.05) is 35.5 Å². The summed E-state index contributed by atoms with van der Waals surface area (Å²) in [6, 6.07) is 6.52. The number of rotatable bonds is 13. The van der Waals surface area contributed by atoms with Crippen molar-refractivity contribution in [1.29, 1.82) is 0 Å². The largest absolute Gasteiger partial charge is 0.461 e. The minimum Gasteiger partial charge on any atom is -0.461 e. The molecule has 0 radical (unpaired) electrons. The summed E-state index contributed by atoms with van der Waals surface area (Å²) >= 11 is 1.08.